The molecule has 0 aliphatic rings. The van der Waals surface area contributed by atoms with Crippen LogP contribution in [0.5, 0.6) is 0 Å². The molecule has 0 atom stereocenters. The van der Waals surface area contributed by atoms with E-state index in [-0.39, 0.29) is 0 Å². The van der Waals surface area contributed by atoms with Gasteiger partial charge in [0, 0.05) is 22.9 Å². The molecule has 2 aromatic heterocycles. The second-order valence-electron chi connectivity index (χ2n) is 5.46. The Morgan fingerprint density at radius 3 is 2.52 bits per heavy atom. The largest absolute Gasteiger partial charge is 0.456 e. The van der Waals surface area contributed by atoms with Crippen molar-refractivity contribution >= 4 is 21.9 Å². The van der Waals surface area contributed by atoms with Gasteiger partial charge in [-0.15, -0.1) is 0 Å². The first-order valence-corrected chi connectivity index (χ1v) is 7.11. The summed E-state index contributed by atoms with van der Waals surface area (Å²) in [5.41, 5.74) is 5.56. The van der Waals surface area contributed by atoms with Crippen LogP contribution < -0.4 is 4.57 Å². The fourth-order valence-electron chi connectivity index (χ4n) is 2.96. The second-order valence-corrected chi connectivity index (χ2v) is 5.46. The monoisotopic (exact) mass is 274 g/mol. The zero-order valence-electron chi connectivity index (χ0n) is 12.1. The summed E-state index contributed by atoms with van der Waals surface area (Å²) in [6, 6.07) is 18.8. The third-order valence-electron chi connectivity index (χ3n) is 4.05. The smallest absolute Gasteiger partial charge is 0.212 e. The molecule has 0 bridgehead atoms. The van der Waals surface area contributed by atoms with Gasteiger partial charge in [-0.2, -0.15) is 0 Å². The van der Waals surface area contributed by atoms with Gasteiger partial charge in [-0.05, 0) is 36.8 Å². The van der Waals surface area contributed by atoms with Crippen molar-refractivity contribution in [1.29, 1.82) is 0 Å². The number of aromatic nitrogens is 1. The van der Waals surface area contributed by atoms with Crippen LogP contribution in [0.1, 0.15) is 5.56 Å². The van der Waals surface area contributed by atoms with Gasteiger partial charge < -0.3 is 4.42 Å². The molecule has 0 fully saturated rings. The van der Waals surface area contributed by atoms with Crippen molar-refractivity contribution in [2.75, 3.05) is 0 Å². The average molecular weight is 274 g/mol. The maximum absolute atomic E-state index is 6.00. The van der Waals surface area contributed by atoms with Gasteiger partial charge in [-0.1, -0.05) is 18.2 Å². The predicted octanol–water partition coefficient (Wildman–Crippen LogP) is 4.39. The van der Waals surface area contributed by atoms with Crippen LogP contribution in [0.2, 0.25) is 0 Å². The summed E-state index contributed by atoms with van der Waals surface area (Å²) in [4.78, 5) is 0. The van der Waals surface area contributed by atoms with Crippen LogP contribution in [-0.4, -0.2) is 0 Å². The summed E-state index contributed by atoms with van der Waals surface area (Å²) >= 11 is 0. The summed E-state index contributed by atoms with van der Waals surface area (Å²) in [6.07, 6.45) is 2.07. The van der Waals surface area contributed by atoms with Gasteiger partial charge in [0.15, 0.2) is 6.20 Å². The molecule has 0 unspecified atom stereocenters. The molecule has 21 heavy (non-hydrogen) atoms. The van der Waals surface area contributed by atoms with Gasteiger partial charge in [0.05, 0.1) is 5.56 Å². The lowest BCUT2D eigenvalue weighted by atomic mass is 10.0. The van der Waals surface area contributed by atoms with E-state index >= 15 is 0 Å². The molecule has 4 rings (SSSR count). The minimum atomic E-state index is 0.945. The van der Waals surface area contributed by atoms with Gasteiger partial charge in [0.1, 0.15) is 18.2 Å². The molecule has 2 nitrogen and oxygen atoms in total. The Morgan fingerprint density at radius 2 is 1.67 bits per heavy atom. The molecule has 2 aromatic carbocycles. The van der Waals surface area contributed by atoms with E-state index in [1.807, 2.05) is 18.2 Å². The predicted molar refractivity (Wildman–Crippen MR) is 85.1 cm³/mol. The molecule has 0 aliphatic heterocycles. The van der Waals surface area contributed by atoms with Crippen LogP contribution >= 0.6 is 0 Å². The van der Waals surface area contributed by atoms with E-state index in [9.17, 15) is 0 Å². The normalized spacial score (nSPS) is 11.3. The van der Waals surface area contributed by atoms with Crippen molar-refractivity contribution in [3.63, 3.8) is 0 Å². The Kier molecular flexibility index (Phi) is 2.58. The molecule has 0 saturated heterocycles. The van der Waals surface area contributed by atoms with Gasteiger partial charge in [0.2, 0.25) is 5.69 Å². The molecular formula is C19H16NO+. The van der Waals surface area contributed by atoms with Crippen molar-refractivity contribution in [1.82, 2.24) is 0 Å². The standard InChI is InChI=1S/C19H16NO/c1-13-11-16-14-7-3-4-9-18(14)21-19(16)12-15(13)17-8-5-6-10-20(17)2/h3-12H,1-2H3/q+1. The topological polar surface area (TPSA) is 17.0 Å². The van der Waals surface area contributed by atoms with Crippen LogP contribution in [0.15, 0.2) is 65.2 Å². The molecule has 0 spiro atoms. The quantitative estimate of drug-likeness (QED) is 0.471. The molecular weight excluding hydrogens is 258 g/mol. The number of para-hydroxylation sites is 1. The van der Waals surface area contributed by atoms with Crippen molar-refractivity contribution in [2.45, 2.75) is 6.92 Å². The number of fused-ring (bicyclic) bond motifs is 3. The molecule has 2 heterocycles. The molecule has 0 radical (unpaired) electrons. The van der Waals surface area contributed by atoms with Crippen LogP contribution in [0.25, 0.3) is 33.2 Å². The van der Waals surface area contributed by atoms with E-state index in [1.165, 1.54) is 27.6 Å². The Labute approximate surface area is 123 Å². The van der Waals surface area contributed by atoms with Crippen molar-refractivity contribution < 1.29 is 8.98 Å². The molecule has 0 amide bonds. The van der Waals surface area contributed by atoms with Crippen molar-refractivity contribution in [3.8, 4) is 11.3 Å². The third kappa shape index (κ3) is 1.83. The first kappa shape index (κ1) is 12.2. The molecule has 0 aliphatic carbocycles. The number of rotatable bonds is 1. The molecule has 102 valence electrons. The van der Waals surface area contributed by atoms with E-state index < -0.39 is 0 Å². The third-order valence-corrected chi connectivity index (χ3v) is 4.05. The number of furan rings is 1. The zero-order chi connectivity index (χ0) is 14.4. The van der Waals surface area contributed by atoms with Crippen molar-refractivity contribution in [2.24, 2.45) is 7.05 Å². The lowest BCUT2D eigenvalue weighted by molar-refractivity contribution is -0.660. The number of benzene rings is 2. The number of hydrogen-bond acceptors (Lipinski definition) is 1. The SMILES string of the molecule is Cc1cc2c(cc1-c1cccc[n+]1C)oc1ccccc12. The molecule has 0 N–H and O–H groups in total. The Hall–Kier alpha value is -2.61. The first-order valence-electron chi connectivity index (χ1n) is 7.11. The lowest BCUT2D eigenvalue weighted by Gasteiger charge is -2.04. The van der Waals surface area contributed by atoms with E-state index in [2.05, 4.69) is 61.1 Å². The zero-order valence-corrected chi connectivity index (χ0v) is 12.1. The molecule has 4 aromatic rings. The lowest BCUT2D eigenvalue weighted by Crippen LogP contribution is -2.30. The van der Waals surface area contributed by atoms with Crippen LogP contribution in [0.4, 0.5) is 0 Å². The summed E-state index contributed by atoms with van der Waals surface area (Å²) in [5, 5.41) is 2.37. The van der Waals surface area contributed by atoms with Crippen LogP contribution in [0, 0.1) is 6.92 Å². The Morgan fingerprint density at radius 1 is 0.857 bits per heavy atom. The Balaban J connectivity index is 2.06. The first-order chi connectivity index (χ1) is 10.2. The number of nitrogens with zero attached hydrogens (tertiary/aromatic N) is 1. The highest BCUT2D eigenvalue weighted by Crippen LogP contribution is 2.33. The summed E-state index contributed by atoms with van der Waals surface area (Å²) in [6.45, 7) is 2.16. The number of hydrogen-bond donors (Lipinski definition) is 0. The highest BCUT2D eigenvalue weighted by Gasteiger charge is 2.15. The van der Waals surface area contributed by atoms with Crippen LogP contribution in [-0.2, 0) is 7.05 Å². The van der Waals surface area contributed by atoms with E-state index in [0.29, 0.717) is 0 Å². The Bertz CT molecular complexity index is 966. The maximum atomic E-state index is 6.00. The molecule has 2 heteroatoms. The maximum Gasteiger partial charge on any atom is 0.212 e. The van der Waals surface area contributed by atoms with Gasteiger partial charge in [-0.25, -0.2) is 4.57 Å². The van der Waals surface area contributed by atoms with Gasteiger partial charge in [0.25, 0.3) is 0 Å². The van der Waals surface area contributed by atoms with E-state index in [1.54, 1.807) is 0 Å². The van der Waals surface area contributed by atoms with E-state index in [4.69, 9.17) is 4.42 Å². The second kappa shape index (κ2) is 4.45. The fourth-order valence-corrected chi connectivity index (χ4v) is 2.96. The number of pyridine rings is 1. The summed E-state index contributed by atoms with van der Waals surface area (Å²) in [5.74, 6) is 0. The average Bonchev–Trinajstić information content (AvgIpc) is 2.85. The van der Waals surface area contributed by atoms with Crippen LogP contribution in [0.3, 0.4) is 0 Å². The van der Waals surface area contributed by atoms with Gasteiger partial charge in [-0.3, -0.25) is 0 Å². The van der Waals surface area contributed by atoms with E-state index in [0.717, 1.165) is 11.2 Å². The summed E-state index contributed by atoms with van der Waals surface area (Å²) < 4.78 is 8.14. The minimum absolute atomic E-state index is 0.945. The highest BCUT2D eigenvalue weighted by atomic mass is 16.3. The molecule has 0 saturated carbocycles. The fraction of sp³-hybridized carbons (Fsp3) is 0.105. The number of aryl methyl sites for hydroxylation is 2. The minimum Gasteiger partial charge on any atom is -0.456 e. The summed E-state index contributed by atoms with van der Waals surface area (Å²) in [7, 11) is 2.07. The van der Waals surface area contributed by atoms with Gasteiger partial charge >= 0.3 is 0 Å². The highest BCUT2D eigenvalue weighted by molar-refractivity contribution is 6.06. The van der Waals surface area contributed by atoms with Crippen molar-refractivity contribution in [3.05, 3.63) is 66.4 Å².